The molecule has 1 fully saturated rings. The first-order valence-electron chi connectivity index (χ1n) is 4.25. The van der Waals surface area contributed by atoms with Crippen molar-refractivity contribution in [2.24, 2.45) is 11.5 Å². The normalized spacial score (nSPS) is 12.5. The van der Waals surface area contributed by atoms with E-state index in [4.69, 9.17) is 36.4 Å². The van der Waals surface area contributed by atoms with Crippen LogP contribution in [0, 0.1) is 14.1 Å². The maximum absolute atomic E-state index is 8.74. The zero-order valence-corrected chi connectivity index (χ0v) is 13.9. The third-order valence-electron chi connectivity index (χ3n) is 1.25. The van der Waals surface area contributed by atoms with Gasteiger partial charge >= 0.3 is 45.7 Å². The SMILES string of the molecule is C1CCCC1.O=S(=O)(O)O.[CH2-]N.[CH2-]N.[Cl][Pt+2][Cl]. The third kappa shape index (κ3) is 105. The van der Waals surface area contributed by atoms with Crippen LogP contribution in [0.4, 0.5) is 0 Å². The average molecular weight is 494 g/mol. The number of hydrogen-bond acceptors (Lipinski definition) is 4. The predicted molar refractivity (Wildman–Crippen MR) is 68.1 cm³/mol. The molecule has 1 rings (SSSR count). The first-order chi connectivity index (χ1) is 7.91. The van der Waals surface area contributed by atoms with Gasteiger partial charge in [0.2, 0.25) is 0 Å². The summed E-state index contributed by atoms with van der Waals surface area (Å²) in [6.45, 7) is 0. The van der Waals surface area contributed by atoms with Gasteiger partial charge in [-0.2, -0.15) is 8.42 Å². The molecule has 0 aromatic carbocycles. The Labute approximate surface area is 120 Å². The molecular formula is C7H20Cl2N2O4PtS. The second-order valence-electron chi connectivity index (χ2n) is 2.26. The van der Waals surface area contributed by atoms with Crippen molar-refractivity contribution in [3.63, 3.8) is 0 Å². The van der Waals surface area contributed by atoms with Crippen molar-refractivity contribution in [1.82, 2.24) is 0 Å². The van der Waals surface area contributed by atoms with E-state index in [1.54, 1.807) is 0 Å². The second kappa shape index (κ2) is 25.8. The van der Waals surface area contributed by atoms with Gasteiger partial charge in [0.15, 0.2) is 0 Å². The van der Waals surface area contributed by atoms with Gasteiger partial charge in [-0.05, 0) is 0 Å². The van der Waals surface area contributed by atoms with Gasteiger partial charge in [-0.15, -0.1) is 0 Å². The van der Waals surface area contributed by atoms with Crippen LogP contribution in [0.1, 0.15) is 32.1 Å². The van der Waals surface area contributed by atoms with E-state index in [2.05, 4.69) is 25.6 Å². The zero-order valence-electron chi connectivity index (χ0n) is 9.30. The van der Waals surface area contributed by atoms with E-state index in [1.165, 1.54) is 32.1 Å². The van der Waals surface area contributed by atoms with Crippen molar-refractivity contribution in [3.8, 4) is 0 Å². The molecule has 0 aromatic rings. The molecule has 0 unspecified atom stereocenters. The standard InChI is InChI=1S/C5H10.2CH4N.2ClH.H2O4S.Pt/c1-2-4-5-3-1;2*1-2;;;1-5(2,3)4;/h1-5H2;2*1-2H2;2*1H;(H2,1,2,3,4);/q;2*-1;;;;+4/p-2. The van der Waals surface area contributed by atoms with Crippen molar-refractivity contribution in [2.75, 3.05) is 0 Å². The molecule has 1 saturated carbocycles. The molecule has 6 N–H and O–H groups in total. The monoisotopic (exact) mass is 493 g/mol. The first-order valence-corrected chi connectivity index (χ1v) is 11.3. The van der Waals surface area contributed by atoms with E-state index in [1.807, 2.05) is 0 Å². The summed E-state index contributed by atoms with van der Waals surface area (Å²) in [5, 5.41) is 0. The topological polar surface area (TPSA) is 127 Å². The van der Waals surface area contributed by atoms with Crippen LogP contribution in [0.2, 0.25) is 0 Å². The summed E-state index contributed by atoms with van der Waals surface area (Å²) in [6.07, 6.45) is 7.50. The van der Waals surface area contributed by atoms with Gasteiger partial charge in [-0.25, -0.2) is 0 Å². The zero-order chi connectivity index (χ0) is 14.7. The molecule has 6 nitrogen and oxygen atoms in total. The quantitative estimate of drug-likeness (QED) is 0.302. The second-order valence-corrected chi connectivity index (χ2v) is 6.44. The summed E-state index contributed by atoms with van der Waals surface area (Å²) in [7, 11) is 10.6. The summed E-state index contributed by atoms with van der Waals surface area (Å²) in [4.78, 5) is 0. The van der Waals surface area contributed by atoms with Crippen LogP contribution in [0.3, 0.4) is 0 Å². The Morgan fingerprint density at radius 3 is 1.00 bits per heavy atom. The molecular weight excluding hydrogens is 474 g/mol. The summed E-state index contributed by atoms with van der Waals surface area (Å²) in [5.41, 5.74) is 8.50. The molecule has 1 aliphatic carbocycles. The fourth-order valence-corrected chi connectivity index (χ4v) is 0.884. The molecule has 0 aliphatic heterocycles. The van der Waals surface area contributed by atoms with Crippen molar-refractivity contribution in [1.29, 1.82) is 0 Å². The van der Waals surface area contributed by atoms with Crippen LogP contribution in [-0.2, 0) is 26.9 Å². The van der Waals surface area contributed by atoms with E-state index < -0.39 is 26.9 Å². The number of halogens is 2. The van der Waals surface area contributed by atoms with E-state index in [-0.39, 0.29) is 0 Å². The molecule has 10 heteroatoms. The van der Waals surface area contributed by atoms with E-state index in [9.17, 15) is 0 Å². The Hall–Kier alpha value is 1.06. The molecule has 0 radical (unpaired) electrons. The maximum atomic E-state index is 8.74. The Morgan fingerprint density at radius 2 is 0.941 bits per heavy atom. The van der Waals surface area contributed by atoms with Crippen LogP contribution in [0.25, 0.3) is 0 Å². The van der Waals surface area contributed by atoms with E-state index in [0.29, 0.717) is 0 Å². The van der Waals surface area contributed by atoms with Crippen LogP contribution in [0.5, 0.6) is 0 Å². The Balaban J connectivity index is -0.0000000667. The molecule has 0 aromatic heterocycles. The molecule has 112 valence electrons. The van der Waals surface area contributed by atoms with Crippen LogP contribution in [-0.4, -0.2) is 17.5 Å². The molecule has 0 amide bonds. The van der Waals surface area contributed by atoms with Gasteiger partial charge in [0, 0.05) is 0 Å². The molecule has 0 bridgehead atoms. The fourth-order valence-electron chi connectivity index (χ4n) is 0.884. The number of nitrogens with two attached hydrogens (primary N) is 2. The van der Waals surface area contributed by atoms with Crippen molar-refractivity contribution >= 4 is 29.2 Å². The van der Waals surface area contributed by atoms with Crippen LogP contribution >= 0.6 is 18.8 Å². The Morgan fingerprint density at radius 1 is 0.882 bits per heavy atom. The molecule has 0 saturated heterocycles. The van der Waals surface area contributed by atoms with Gasteiger partial charge < -0.3 is 11.5 Å². The third-order valence-corrected chi connectivity index (χ3v) is 1.25. The number of hydrogen-bond donors (Lipinski definition) is 4. The van der Waals surface area contributed by atoms with Crippen molar-refractivity contribution < 1.29 is 34.0 Å². The Kier molecular flexibility index (Phi) is 40.3. The molecule has 17 heavy (non-hydrogen) atoms. The van der Waals surface area contributed by atoms with Gasteiger partial charge in [-0.3, -0.25) is 23.2 Å². The van der Waals surface area contributed by atoms with Gasteiger partial charge in [0.05, 0.1) is 0 Å². The predicted octanol–water partition coefficient (Wildman–Crippen LogP) is 2.15. The molecule has 0 heterocycles. The average Bonchev–Trinajstić information content (AvgIpc) is 2.80. The summed E-state index contributed by atoms with van der Waals surface area (Å²) in [5.74, 6) is 0. The molecule has 0 spiro atoms. The molecule has 0 atom stereocenters. The summed E-state index contributed by atoms with van der Waals surface area (Å²) in [6, 6.07) is 0. The van der Waals surface area contributed by atoms with Crippen molar-refractivity contribution in [2.45, 2.75) is 32.1 Å². The van der Waals surface area contributed by atoms with Gasteiger partial charge in [-0.1, -0.05) is 32.1 Å². The van der Waals surface area contributed by atoms with E-state index >= 15 is 0 Å². The van der Waals surface area contributed by atoms with Gasteiger partial charge in [0.1, 0.15) is 0 Å². The van der Waals surface area contributed by atoms with Crippen LogP contribution in [0.15, 0.2) is 0 Å². The number of rotatable bonds is 0. The van der Waals surface area contributed by atoms with Crippen molar-refractivity contribution in [3.05, 3.63) is 14.1 Å². The fraction of sp³-hybridized carbons (Fsp3) is 0.714. The Bertz CT molecular complexity index is 177. The van der Waals surface area contributed by atoms with Crippen LogP contribution < -0.4 is 11.5 Å². The minimum atomic E-state index is -4.67. The molecule has 1 aliphatic rings. The van der Waals surface area contributed by atoms with Gasteiger partial charge in [0.25, 0.3) is 0 Å². The summed E-state index contributed by atoms with van der Waals surface area (Å²) >= 11 is -0.472. The first kappa shape index (κ1) is 26.6. The van der Waals surface area contributed by atoms with E-state index in [0.717, 1.165) is 0 Å². The summed E-state index contributed by atoms with van der Waals surface area (Å²) < 4.78 is 31.6. The minimum absolute atomic E-state index is 0.472.